The summed E-state index contributed by atoms with van der Waals surface area (Å²) in [5.41, 5.74) is 3.49. The second-order valence-corrected chi connectivity index (χ2v) is 7.57. The van der Waals surface area contributed by atoms with E-state index in [1.807, 2.05) is 53.1 Å². The fraction of sp³-hybridized carbons (Fsp3) is 0.235. The van der Waals surface area contributed by atoms with Crippen molar-refractivity contribution in [3.63, 3.8) is 0 Å². The van der Waals surface area contributed by atoms with Gasteiger partial charge in [0.05, 0.1) is 29.4 Å². The summed E-state index contributed by atoms with van der Waals surface area (Å²) in [7, 11) is -3.48. The Labute approximate surface area is 150 Å². The normalized spacial score (nSPS) is 12.2. The van der Waals surface area contributed by atoms with Crippen LogP contribution in [0.5, 0.6) is 0 Å². The molecule has 0 N–H and O–H groups in total. The first-order chi connectivity index (χ1) is 12.5. The molecule has 0 saturated heterocycles. The predicted molar refractivity (Wildman–Crippen MR) is 97.2 cm³/mol. The Morgan fingerprint density at radius 3 is 2.46 bits per heavy atom. The SMILES string of the molecule is CS(=O)(=O)OCCn1c(Cn2nnc3ccccc32)nc2ccccc21. The third kappa shape index (κ3) is 3.31. The summed E-state index contributed by atoms with van der Waals surface area (Å²) < 4.78 is 31.1. The molecule has 0 unspecified atom stereocenters. The van der Waals surface area contributed by atoms with Gasteiger partial charge in [-0.1, -0.05) is 29.5 Å². The van der Waals surface area contributed by atoms with E-state index < -0.39 is 10.1 Å². The van der Waals surface area contributed by atoms with Gasteiger partial charge in [-0.15, -0.1) is 5.10 Å². The highest BCUT2D eigenvalue weighted by Crippen LogP contribution is 2.18. The summed E-state index contributed by atoms with van der Waals surface area (Å²) in [6.07, 6.45) is 1.04. The molecule has 0 atom stereocenters. The van der Waals surface area contributed by atoms with Crippen LogP contribution in [-0.2, 0) is 27.4 Å². The lowest BCUT2D eigenvalue weighted by Gasteiger charge is -2.09. The first kappa shape index (κ1) is 16.7. The molecular formula is C17H17N5O3S. The van der Waals surface area contributed by atoms with Gasteiger partial charge in [0.1, 0.15) is 17.9 Å². The quantitative estimate of drug-likeness (QED) is 0.480. The zero-order valence-electron chi connectivity index (χ0n) is 14.1. The number of para-hydroxylation sites is 3. The first-order valence-electron chi connectivity index (χ1n) is 8.08. The largest absolute Gasteiger partial charge is 0.324 e. The molecule has 2 aromatic heterocycles. The number of imidazole rings is 1. The minimum absolute atomic E-state index is 0.0459. The molecule has 4 aromatic rings. The molecule has 0 aliphatic carbocycles. The van der Waals surface area contributed by atoms with E-state index in [4.69, 9.17) is 4.18 Å². The molecule has 0 saturated carbocycles. The van der Waals surface area contributed by atoms with Gasteiger partial charge in [0, 0.05) is 6.54 Å². The van der Waals surface area contributed by atoms with E-state index in [9.17, 15) is 8.42 Å². The molecule has 0 radical (unpaired) electrons. The van der Waals surface area contributed by atoms with Crippen LogP contribution >= 0.6 is 0 Å². The van der Waals surface area contributed by atoms with Crippen LogP contribution < -0.4 is 0 Å². The standard InChI is InChI=1S/C17H17N5O3S/c1-26(23,24)25-11-10-21-15-8-4-2-6-13(15)18-17(21)12-22-16-9-5-3-7-14(16)19-20-22/h2-9H,10-12H2,1H3. The summed E-state index contributed by atoms with van der Waals surface area (Å²) >= 11 is 0. The highest BCUT2D eigenvalue weighted by molar-refractivity contribution is 7.85. The summed E-state index contributed by atoms with van der Waals surface area (Å²) in [5, 5.41) is 8.37. The Kier molecular flexibility index (Phi) is 4.17. The number of benzene rings is 2. The average molecular weight is 371 g/mol. The van der Waals surface area contributed by atoms with E-state index in [-0.39, 0.29) is 6.61 Å². The van der Waals surface area contributed by atoms with Crippen molar-refractivity contribution in [3.8, 4) is 0 Å². The van der Waals surface area contributed by atoms with Crippen LogP contribution in [0.2, 0.25) is 0 Å². The highest BCUT2D eigenvalue weighted by atomic mass is 32.2. The van der Waals surface area contributed by atoms with Gasteiger partial charge >= 0.3 is 0 Å². The molecule has 0 amide bonds. The molecule has 0 spiro atoms. The second kappa shape index (κ2) is 6.50. The van der Waals surface area contributed by atoms with E-state index in [1.165, 1.54) is 0 Å². The third-order valence-electron chi connectivity index (χ3n) is 4.06. The number of hydrogen-bond acceptors (Lipinski definition) is 6. The zero-order valence-corrected chi connectivity index (χ0v) is 14.9. The maximum Gasteiger partial charge on any atom is 0.264 e. The van der Waals surface area contributed by atoms with Crippen LogP contribution in [0.15, 0.2) is 48.5 Å². The van der Waals surface area contributed by atoms with Gasteiger partial charge in [-0.3, -0.25) is 4.18 Å². The molecule has 0 bridgehead atoms. The lowest BCUT2D eigenvalue weighted by atomic mass is 10.3. The monoisotopic (exact) mass is 371 g/mol. The van der Waals surface area contributed by atoms with Crippen LogP contribution in [0.25, 0.3) is 22.1 Å². The van der Waals surface area contributed by atoms with Gasteiger partial charge in [0.25, 0.3) is 10.1 Å². The van der Waals surface area contributed by atoms with Crippen molar-refractivity contribution in [2.75, 3.05) is 12.9 Å². The maximum absolute atomic E-state index is 11.2. The van der Waals surface area contributed by atoms with Gasteiger partial charge in [0.15, 0.2) is 0 Å². The van der Waals surface area contributed by atoms with E-state index >= 15 is 0 Å². The topological polar surface area (TPSA) is 91.9 Å². The van der Waals surface area contributed by atoms with Crippen molar-refractivity contribution in [3.05, 3.63) is 54.4 Å². The van der Waals surface area contributed by atoms with Crippen molar-refractivity contribution in [1.29, 1.82) is 0 Å². The van der Waals surface area contributed by atoms with Gasteiger partial charge in [-0.05, 0) is 24.3 Å². The third-order valence-corrected chi connectivity index (χ3v) is 4.65. The minimum atomic E-state index is -3.48. The molecule has 2 heterocycles. The van der Waals surface area contributed by atoms with Crippen LogP contribution in [0.1, 0.15) is 5.82 Å². The van der Waals surface area contributed by atoms with Gasteiger partial charge < -0.3 is 4.57 Å². The Morgan fingerprint density at radius 1 is 1.00 bits per heavy atom. The van der Waals surface area contributed by atoms with Gasteiger partial charge in [0.2, 0.25) is 0 Å². The van der Waals surface area contributed by atoms with Gasteiger partial charge in [-0.25, -0.2) is 9.67 Å². The Morgan fingerprint density at radius 2 is 1.69 bits per heavy atom. The van der Waals surface area contributed by atoms with Crippen molar-refractivity contribution in [2.24, 2.45) is 0 Å². The van der Waals surface area contributed by atoms with Crippen LogP contribution in [0.3, 0.4) is 0 Å². The van der Waals surface area contributed by atoms with Crippen molar-refractivity contribution < 1.29 is 12.6 Å². The molecule has 9 heteroatoms. The van der Waals surface area contributed by atoms with Crippen LogP contribution in [-0.4, -0.2) is 45.8 Å². The molecule has 134 valence electrons. The maximum atomic E-state index is 11.2. The van der Waals surface area contributed by atoms with E-state index in [0.717, 1.165) is 34.1 Å². The lowest BCUT2D eigenvalue weighted by Crippen LogP contribution is -2.15. The number of hydrogen-bond donors (Lipinski definition) is 0. The number of fused-ring (bicyclic) bond motifs is 2. The summed E-state index contributed by atoms with van der Waals surface area (Å²) in [6, 6.07) is 15.4. The summed E-state index contributed by atoms with van der Waals surface area (Å²) in [4.78, 5) is 4.68. The Bertz CT molecular complexity index is 1180. The minimum Gasteiger partial charge on any atom is -0.324 e. The molecule has 8 nitrogen and oxygen atoms in total. The van der Waals surface area contributed by atoms with Gasteiger partial charge in [-0.2, -0.15) is 8.42 Å². The zero-order chi connectivity index (χ0) is 18.1. The van der Waals surface area contributed by atoms with Crippen LogP contribution in [0.4, 0.5) is 0 Å². The van der Waals surface area contributed by atoms with Crippen molar-refractivity contribution in [2.45, 2.75) is 13.1 Å². The fourth-order valence-corrected chi connectivity index (χ4v) is 3.32. The van der Waals surface area contributed by atoms with Crippen LogP contribution in [0, 0.1) is 0 Å². The number of rotatable bonds is 6. The fourth-order valence-electron chi connectivity index (χ4n) is 2.94. The first-order valence-corrected chi connectivity index (χ1v) is 9.90. The molecule has 2 aromatic carbocycles. The summed E-state index contributed by atoms with van der Waals surface area (Å²) in [5.74, 6) is 0.763. The smallest absolute Gasteiger partial charge is 0.264 e. The van der Waals surface area contributed by atoms with E-state index in [2.05, 4.69) is 15.3 Å². The molecule has 0 aliphatic heterocycles. The average Bonchev–Trinajstić information content (AvgIpc) is 3.16. The van der Waals surface area contributed by atoms with E-state index in [0.29, 0.717) is 13.1 Å². The Balaban J connectivity index is 1.70. The number of nitrogens with zero attached hydrogens (tertiary/aromatic N) is 5. The van der Waals surface area contributed by atoms with Crippen molar-refractivity contribution in [1.82, 2.24) is 24.5 Å². The molecule has 0 fully saturated rings. The van der Waals surface area contributed by atoms with E-state index in [1.54, 1.807) is 4.68 Å². The molecular weight excluding hydrogens is 354 g/mol. The second-order valence-electron chi connectivity index (χ2n) is 5.93. The molecule has 0 aliphatic rings. The lowest BCUT2D eigenvalue weighted by molar-refractivity contribution is 0.303. The predicted octanol–water partition coefficient (Wildman–Crippen LogP) is 1.81. The highest BCUT2D eigenvalue weighted by Gasteiger charge is 2.14. The Hall–Kier alpha value is -2.78. The molecule has 4 rings (SSSR count). The summed E-state index contributed by atoms with van der Waals surface area (Å²) in [6.45, 7) is 0.841. The number of aromatic nitrogens is 5. The van der Waals surface area contributed by atoms with Crippen molar-refractivity contribution >= 4 is 32.2 Å². The molecule has 26 heavy (non-hydrogen) atoms.